The number of nitrogens with zero attached hydrogens (tertiary/aromatic N) is 1. The van der Waals surface area contributed by atoms with Crippen molar-refractivity contribution in [3.8, 4) is 17.4 Å². The van der Waals surface area contributed by atoms with Crippen LogP contribution < -0.4 is 20.1 Å². The Balaban J connectivity index is 1.52. The Morgan fingerprint density at radius 3 is 2.63 bits per heavy atom. The van der Waals surface area contributed by atoms with Gasteiger partial charge in [0.25, 0.3) is 0 Å². The van der Waals surface area contributed by atoms with E-state index in [9.17, 15) is 9.18 Å². The number of anilines is 1. The van der Waals surface area contributed by atoms with E-state index >= 15 is 0 Å². The molecule has 138 valence electrons. The van der Waals surface area contributed by atoms with Crippen LogP contribution in [0.2, 0.25) is 0 Å². The van der Waals surface area contributed by atoms with Crippen LogP contribution >= 0.6 is 0 Å². The SMILES string of the molecule is COc1cccc(CNC(=O)Nc2ccc(Oc3cccc(F)c3)nc2)c1. The van der Waals surface area contributed by atoms with Gasteiger partial charge in [0.15, 0.2) is 0 Å². The number of urea groups is 1. The van der Waals surface area contributed by atoms with Crippen molar-refractivity contribution in [2.75, 3.05) is 12.4 Å². The number of hydrogen-bond acceptors (Lipinski definition) is 4. The van der Waals surface area contributed by atoms with E-state index in [0.717, 1.165) is 11.3 Å². The van der Waals surface area contributed by atoms with Crippen LogP contribution in [0.1, 0.15) is 5.56 Å². The van der Waals surface area contributed by atoms with Crippen LogP contribution in [0, 0.1) is 5.82 Å². The fourth-order valence-electron chi connectivity index (χ4n) is 2.31. The first-order valence-corrected chi connectivity index (χ1v) is 8.19. The van der Waals surface area contributed by atoms with Gasteiger partial charge < -0.3 is 20.1 Å². The maximum Gasteiger partial charge on any atom is 0.319 e. The van der Waals surface area contributed by atoms with Crippen molar-refractivity contribution < 1.29 is 18.7 Å². The van der Waals surface area contributed by atoms with E-state index < -0.39 is 5.82 Å². The number of carbonyl (C=O) groups excluding carboxylic acids is 1. The molecule has 2 N–H and O–H groups in total. The Morgan fingerprint density at radius 1 is 1.07 bits per heavy atom. The van der Waals surface area contributed by atoms with E-state index in [-0.39, 0.29) is 6.03 Å². The number of methoxy groups -OCH3 is 1. The predicted octanol–water partition coefficient (Wildman–Crippen LogP) is 4.34. The van der Waals surface area contributed by atoms with E-state index in [0.29, 0.717) is 23.9 Å². The molecular weight excluding hydrogens is 349 g/mol. The highest BCUT2D eigenvalue weighted by atomic mass is 19.1. The van der Waals surface area contributed by atoms with Crippen molar-refractivity contribution in [2.45, 2.75) is 6.54 Å². The number of pyridine rings is 1. The van der Waals surface area contributed by atoms with E-state index in [1.165, 1.54) is 18.3 Å². The second-order valence-corrected chi connectivity index (χ2v) is 5.60. The number of rotatable bonds is 6. The average molecular weight is 367 g/mol. The fourth-order valence-corrected chi connectivity index (χ4v) is 2.31. The number of halogens is 1. The monoisotopic (exact) mass is 367 g/mol. The number of aromatic nitrogens is 1. The molecule has 1 heterocycles. The summed E-state index contributed by atoms with van der Waals surface area (Å²) in [7, 11) is 1.59. The molecule has 1 aromatic heterocycles. The van der Waals surface area contributed by atoms with Gasteiger partial charge in [-0.25, -0.2) is 14.2 Å². The lowest BCUT2D eigenvalue weighted by Crippen LogP contribution is -2.28. The molecule has 0 saturated heterocycles. The third kappa shape index (κ3) is 5.43. The lowest BCUT2D eigenvalue weighted by Gasteiger charge is -2.09. The van der Waals surface area contributed by atoms with Gasteiger partial charge in [-0.1, -0.05) is 18.2 Å². The maximum atomic E-state index is 13.2. The molecule has 0 aliphatic carbocycles. The van der Waals surface area contributed by atoms with Crippen molar-refractivity contribution in [2.24, 2.45) is 0 Å². The van der Waals surface area contributed by atoms with E-state index in [1.807, 2.05) is 24.3 Å². The molecule has 6 nitrogen and oxygen atoms in total. The minimum Gasteiger partial charge on any atom is -0.497 e. The second kappa shape index (κ2) is 8.66. The molecular formula is C20H18FN3O3. The van der Waals surface area contributed by atoms with E-state index in [4.69, 9.17) is 9.47 Å². The zero-order valence-corrected chi connectivity index (χ0v) is 14.6. The van der Waals surface area contributed by atoms with Gasteiger partial charge in [-0.3, -0.25) is 0 Å². The van der Waals surface area contributed by atoms with Crippen LogP contribution in [0.15, 0.2) is 66.9 Å². The van der Waals surface area contributed by atoms with Crippen LogP contribution in [0.25, 0.3) is 0 Å². The molecule has 0 aliphatic heterocycles. The molecule has 27 heavy (non-hydrogen) atoms. The van der Waals surface area contributed by atoms with Gasteiger partial charge in [0.05, 0.1) is 19.0 Å². The Morgan fingerprint density at radius 2 is 1.89 bits per heavy atom. The second-order valence-electron chi connectivity index (χ2n) is 5.60. The molecule has 2 aromatic carbocycles. The Hall–Kier alpha value is -3.61. The summed E-state index contributed by atoms with van der Waals surface area (Å²) in [5.41, 5.74) is 1.42. The third-order valence-corrected chi connectivity index (χ3v) is 3.60. The van der Waals surface area contributed by atoms with Crippen LogP contribution in [0.4, 0.5) is 14.9 Å². The van der Waals surface area contributed by atoms with Crippen molar-refractivity contribution in [1.29, 1.82) is 0 Å². The van der Waals surface area contributed by atoms with Crippen molar-refractivity contribution in [1.82, 2.24) is 10.3 Å². The van der Waals surface area contributed by atoms with Crippen LogP contribution in [-0.4, -0.2) is 18.1 Å². The number of ether oxygens (including phenoxy) is 2. The molecule has 3 rings (SSSR count). The summed E-state index contributed by atoms with van der Waals surface area (Å²) < 4.78 is 23.8. The summed E-state index contributed by atoms with van der Waals surface area (Å²) in [6.07, 6.45) is 1.46. The molecule has 0 radical (unpaired) electrons. The minimum absolute atomic E-state index is 0.294. The van der Waals surface area contributed by atoms with Gasteiger partial charge >= 0.3 is 6.03 Å². The lowest BCUT2D eigenvalue weighted by atomic mass is 10.2. The first kappa shape index (κ1) is 18.2. The molecule has 0 atom stereocenters. The van der Waals surface area contributed by atoms with Gasteiger partial charge in [0.2, 0.25) is 5.88 Å². The summed E-state index contributed by atoms with van der Waals surface area (Å²) in [6, 6.07) is 16.1. The molecule has 2 amide bonds. The van der Waals surface area contributed by atoms with Crippen molar-refractivity contribution >= 4 is 11.7 Å². The molecule has 3 aromatic rings. The lowest BCUT2D eigenvalue weighted by molar-refractivity contribution is 0.251. The summed E-state index contributed by atoms with van der Waals surface area (Å²) in [5, 5.41) is 5.43. The quantitative estimate of drug-likeness (QED) is 0.680. The highest BCUT2D eigenvalue weighted by Crippen LogP contribution is 2.21. The van der Waals surface area contributed by atoms with Gasteiger partial charge in [-0.15, -0.1) is 0 Å². The predicted molar refractivity (Wildman–Crippen MR) is 99.6 cm³/mol. The first-order chi connectivity index (χ1) is 13.1. The molecule has 7 heteroatoms. The van der Waals surface area contributed by atoms with Gasteiger partial charge in [-0.2, -0.15) is 0 Å². The van der Waals surface area contributed by atoms with Crippen molar-refractivity contribution in [3.05, 3.63) is 78.2 Å². The van der Waals surface area contributed by atoms with E-state index in [2.05, 4.69) is 15.6 Å². The molecule has 0 fully saturated rings. The smallest absolute Gasteiger partial charge is 0.319 e. The maximum absolute atomic E-state index is 13.2. The molecule has 0 bridgehead atoms. The molecule has 0 saturated carbocycles. The Kier molecular flexibility index (Phi) is 5.84. The Bertz CT molecular complexity index is 916. The zero-order valence-electron chi connectivity index (χ0n) is 14.6. The topological polar surface area (TPSA) is 72.5 Å². The number of amides is 2. The zero-order chi connectivity index (χ0) is 19.1. The molecule has 0 spiro atoms. The summed E-state index contributed by atoms with van der Waals surface area (Å²) in [6.45, 7) is 0.358. The van der Waals surface area contributed by atoms with Crippen LogP contribution in [0.5, 0.6) is 17.4 Å². The average Bonchev–Trinajstić information content (AvgIpc) is 2.68. The number of hydrogen-bond donors (Lipinski definition) is 2. The van der Waals surface area contributed by atoms with Gasteiger partial charge in [0.1, 0.15) is 17.3 Å². The third-order valence-electron chi connectivity index (χ3n) is 3.60. The van der Waals surface area contributed by atoms with Gasteiger partial charge in [-0.05, 0) is 35.9 Å². The van der Waals surface area contributed by atoms with Gasteiger partial charge in [0, 0.05) is 18.7 Å². The first-order valence-electron chi connectivity index (χ1n) is 8.19. The number of carbonyl (C=O) groups is 1. The largest absolute Gasteiger partial charge is 0.497 e. The molecule has 0 unspecified atom stereocenters. The van der Waals surface area contributed by atoms with Crippen LogP contribution in [-0.2, 0) is 6.54 Å². The normalized spacial score (nSPS) is 10.1. The summed E-state index contributed by atoms with van der Waals surface area (Å²) in [5.74, 6) is 0.980. The standard InChI is InChI=1S/C20H18FN3O3/c1-26-17-6-2-4-14(10-17)12-23-20(25)24-16-8-9-19(22-13-16)27-18-7-3-5-15(21)11-18/h2-11,13H,12H2,1H3,(H2,23,24,25). The van der Waals surface area contributed by atoms with Crippen LogP contribution in [0.3, 0.4) is 0 Å². The Labute approximate surface area is 156 Å². The highest BCUT2D eigenvalue weighted by Gasteiger charge is 2.05. The minimum atomic E-state index is -0.390. The summed E-state index contributed by atoms with van der Waals surface area (Å²) >= 11 is 0. The van der Waals surface area contributed by atoms with Crippen molar-refractivity contribution in [3.63, 3.8) is 0 Å². The summed E-state index contributed by atoms with van der Waals surface area (Å²) in [4.78, 5) is 16.1. The fraction of sp³-hybridized carbons (Fsp3) is 0.100. The number of benzene rings is 2. The highest BCUT2D eigenvalue weighted by molar-refractivity contribution is 5.88. The molecule has 0 aliphatic rings. The number of nitrogens with one attached hydrogen (secondary N) is 2. The van der Waals surface area contributed by atoms with E-state index in [1.54, 1.807) is 31.4 Å².